The Morgan fingerprint density at radius 3 is 2.06 bits per heavy atom. The highest BCUT2D eigenvalue weighted by atomic mass is 19.1. The Morgan fingerprint density at radius 1 is 0.830 bits per heavy atom. The quantitative estimate of drug-likeness (QED) is 0.219. The first-order valence-corrected chi connectivity index (χ1v) is 14.4. The van der Waals surface area contributed by atoms with Crippen LogP contribution in [0.25, 0.3) is 0 Å². The topological polar surface area (TPSA) is 124 Å². The van der Waals surface area contributed by atoms with E-state index in [1.807, 2.05) is 0 Å². The molecule has 11 nitrogen and oxygen atoms in total. The molecule has 4 aromatic carbocycles. The van der Waals surface area contributed by atoms with Gasteiger partial charge in [0.05, 0.1) is 39.7 Å². The van der Waals surface area contributed by atoms with Crippen LogP contribution >= 0.6 is 0 Å². The van der Waals surface area contributed by atoms with E-state index in [0.717, 1.165) is 4.90 Å². The second-order valence-electron chi connectivity index (χ2n) is 10.5. The number of rotatable bonds is 12. The van der Waals surface area contributed by atoms with E-state index in [1.165, 1.54) is 63.7 Å². The lowest BCUT2D eigenvalue weighted by atomic mass is 10.0. The van der Waals surface area contributed by atoms with Crippen LogP contribution in [0.2, 0.25) is 0 Å². The molecule has 47 heavy (non-hydrogen) atoms. The number of nitrogens with zero attached hydrogens (tertiary/aromatic N) is 2. The number of hydrogen-bond acceptors (Lipinski definition) is 8. The zero-order valence-corrected chi connectivity index (χ0v) is 26.1. The van der Waals surface area contributed by atoms with Gasteiger partial charge in [-0.25, -0.2) is 4.39 Å². The number of hydrogen-bond donors (Lipinski definition) is 1. The van der Waals surface area contributed by atoms with Gasteiger partial charge in [0.2, 0.25) is 11.7 Å². The molecule has 0 fully saturated rings. The fraction of sp³-hybridized carbons (Fsp3) is 0.200. The summed E-state index contributed by atoms with van der Waals surface area (Å²) < 4.78 is 35.7. The Hall–Kier alpha value is -5.91. The van der Waals surface area contributed by atoms with Gasteiger partial charge in [0, 0.05) is 12.2 Å². The number of amides is 3. The van der Waals surface area contributed by atoms with Gasteiger partial charge < -0.3 is 29.2 Å². The fourth-order valence-electron chi connectivity index (χ4n) is 5.36. The highest BCUT2D eigenvalue weighted by Crippen LogP contribution is 2.41. The third-order valence-electron chi connectivity index (χ3n) is 7.68. The second kappa shape index (κ2) is 14.0. The molecule has 0 aromatic heterocycles. The van der Waals surface area contributed by atoms with E-state index in [2.05, 4.69) is 5.32 Å². The van der Waals surface area contributed by atoms with Crippen LogP contribution in [0.15, 0.2) is 84.9 Å². The molecule has 0 spiro atoms. The van der Waals surface area contributed by atoms with Gasteiger partial charge in [0.1, 0.15) is 24.2 Å². The fourth-order valence-corrected chi connectivity index (χ4v) is 5.36. The van der Waals surface area contributed by atoms with E-state index in [0.29, 0.717) is 17.0 Å². The first-order chi connectivity index (χ1) is 22.7. The summed E-state index contributed by atoms with van der Waals surface area (Å²) in [7, 11) is 5.79. The third kappa shape index (κ3) is 6.71. The molecular weight excluding hydrogens is 609 g/mol. The van der Waals surface area contributed by atoms with E-state index in [1.54, 1.807) is 54.6 Å². The molecule has 1 atom stereocenters. The van der Waals surface area contributed by atoms with E-state index >= 15 is 0 Å². The number of carbonyl (C=O) groups excluding carboxylic acids is 4. The van der Waals surface area contributed by atoms with Gasteiger partial charge in [-0.3, -0.25) is 24.1 Å². The van der Waals surface area contributed by atoms with Gasteiger partial charge in [-0.15, -0.1) is 0 Å². The monoisotopic (exact) mass is 641 g/mol. The molecule has 0 saturated carbocycles. The number of benzene rings is 4. The summed E-state index contributed by atoms with van der Waals surface area (Å²) in [5.41, 5.74) is 1.65. The summed E-state index contributed by atoms with van der Waals surface area (Å²) in [6.07, 6.45) is 0. The van der Waals surface area contributed by atoms with Gasteiger partial charge in [-0.2, -0.15) is 0 Å². The Kier molecular flexibility index (Phi) is 9.69. The first kappa shape index (κ1) is 32.5. The van der Waals surface area contributed by atoms with Crippen molar-refractivity contribution in [3.63, 3.8) is 0 Å². The van der Waals surface area contributed by atoms with Crippen LogP contribution in [0.3, 0.4) is 0 Å². The molecule has 12 heteroatoms. The number of nitrogens with one attached hydrogen (secondary N) is 1. The molecular formula is C35H32FN3O8. The average molecular weight is 642 g/mol. The minimum atomic E-state index is -1.35. The highest BCUT2D eigenvalue weighted by Gasteiger charge is 2.40. The van der Waals surface area contributed by atoms with Crippen molar-refractivity contribution in [2.75, 3.05) is 45.2 Å². The molecule has 4 aromatic rings. The van der Waals surface area contributed by atoms with Crippen molar-refractivity contribution in [1.82, 2.24) is 4.90 Å². The summed E-state index contributed by atoms with van der Waals surface area (Å²) in [4.78, 5) is 56.8. The molecule has 3 amide bonds. The third-order valence-corrected chi connectivity index (χ3v) is 7.68. The van der Waals surface area contributed by atoms with E-state index < -0.39 is 41.9 Å². The zero-order chi connectivity index (χ0) is 33.7. The molecule has 0 saturated heterocycles. The molecule has 1 aliphatic heterocycles. The average Bonchev–Trinajstić information content (AvgIpc) is 3.33. The summed E-state index contributed by atoms with van der Waals surface area (Å²) in [6.45, 7) is -0.729. The van der Waals surface area contributed by atoms with E-state index in [-0.39, 0.29) is 40.6 Å². The van der Waals surface area contributed by atoms with E-state index in [9.17, 15) is 23.6 Å². The number of ketones is 1. The van der Waals surface area contributed by atoms with Crippen molar-refractivity contribution < 1.29 is 42.5 Å². The number of ether oxygens (including phenoxy) is 4. The predicted octanol–water partition coefficient (Wildman–Crippen LogP) is 4.80. The van der Waals surface area contributed by atoms with Gasteiger partial charge in [0.25, 0.3) is 17.6 Å². The minimum Gasteiger partial charge on any atom is -0.497 e. The number of methoxy groups -OCH3 is 4. The van der Waals surface area contributed by atoms with Crippen molar-refractivity contribution in [3.8, 4) is 23.0 Å². The maximum Gasteiger partial charge on any atom is 0.299 e. The zero-order valence-electron chi connectivity index (χ0n) is 26.1. The number of fused-ring (bicyclic) bond motifs is 1. The Bertz CT molecular complexity index is 1790. The van der Waals surface area contributed by atoms with Crippen molar-refractivity contribution in [2.24, 2.45) is 0 Å². The van der Waals surface area contributed by atoms with Crippen molar-refractivity contribution in [2.45, 2.75) is 12.6 Å². The largest absolute Gasteiger partial charge is 0.497 e. The predicted molar refractivity (Wildman–Crippen MR) is 171 cm³/mol. The number of anilines is 2. The Morgan fingerprint density at radius 2 is 1.47 bits per heavy atom. The second-order valence-corrected chi connectivity index (χ2v) is 10.5. The first-order valence-electron chi connectivity index (χ1n) is 14.4. The van der Waals surface area contributed by atoms with Crippen LogP contribution in [0.4, 0.5) is 15.8 Å². The Balaban J connectivity index is 1.63. The van der Waals surface area contributed by atoms with Gasteiger partial charge in [0.15, 0.2) is 11.5 Å². The van der Waals surface area contributed by atoms with Gasteiger partial charge in [-0.05, 0) is 71.8 Å². The number of halogens is 1. The molecule has 5 rings (SSSR count). The lowest BCUT2D eigenvalue weighted by Crippen LogP contribution is -2.46. The van der Waals surface area contributed by atoms with E-state index in [4.69, 9.17) is 18.9 Å². The maximum atomic E-state index is 14.4. The van der Waals surface area contributed by atoms with Crippen LogP contribution in [0.1, 0.15) is 27.5 Å². The standard InChI is InChI=1S/C35H32FN3O8/c1-44-25-15-13-24(14-16-25)37-34(42)31(22-17-28(45-2)33(47-4)29(18-22)46-3)39(19-21-9-11-23(36)12-10-21)30(40)20-38-27-8-6-5-7-26(27)32(41)35(38)43/h5-18,31H,19-20H2,1-4H3,(H,37,42)/t31-/m0/s1. The van der Waals surface area contributed by atoms with Crippen molar-refractivity contribution >= 4 is 34.9 Å². The summed E-state index contributed by atoms with van der Waals surface area (Å²) >= 11 is 0. The summed E-state index contributed by atoms with van der Waals surface area (Å²) in [5.74, 6) is -2.09. The van der Waals surface area contributed by atoms with Crippen molar-refractivity contribution in [1.29, 1.82) is 0 Å². The molecule has 0 aliphatic carbocycles. The van der Waals surface area contributed by atoms with Crippen molar-refractivity contribution in [3.05, 3.63) is 107 Å². The number of para-hydroxylation sites is 1. The smallest absolute Gasteiger partial charge is 0.299 e. The molecule has 242 valence electrons. The normalized spacial score (nSPS) is 12.7. The summed E-state index contributed by atoms with van der Waals surface area (Å²) in [5, 5.41) is 2.85. The lowest BCUT2D eigenvalue weighted by Gasteiger charge is -2.33. The highest BCUT2D eigenvalue weighted by molar-refractivity contribution is 6.52. The SMILES string of the molecule is COc1ccc(NC(=O)[C@H](c2cc(OC)c(OC)c(OC)c2)N(Cc2ccc(F)cc2)C(=O)CN2C(=O)C(=O)c3ccccc32)cc1. The van der Waals surface area contributed by atoms with Gasteiger partial charge >= 0.3 is 0 Å². The van der Waals surface area contributed by atoms with Gasteiger partial charge in [-0.1, -0.05) is 24.3 Å². The van der Waals surface area contributed by atoms with Crippen LogP contribution in [-0.2, 0) is 20.9 Å². The van der Waals surface area contributed by atoms with Crippen LogP contribution in [-0.4, -0.2) is 63.4 Å². The Labute approximate surface area is 270 Å². The van der Waals surface area contributed by atoms with Crippen LogP contribution in [0, 0.1) is 5.82 Å². The minimum absolute atomic E-state index is 0.173. The maximum absolute atomic E-state index is 14.4. The lowest BCUT2D eigenvalue weighted by molar-refractivity contribution is -0.139. The molecule has 0 unspecified atom stereocenters. The molecule has 0 radical (unpaired) electrons. The van der Waals surface area contributed by atoms with Crippen LogP contribution in [0.5, 0.6) is 23.0 Å². The number of Topliss-reactive ketones (excluding diaryl/α,β-unsaturated/α-hetero) is 1. The molecule has 1 N–H and O–H groups in total. The molecule has 1 aliphatic rings. The molecule has 1 heterocycles. The number of carbonyl (C=O) groups is 4. The molecule has 0 bridgehead atoms. The van der Waals surface area contributed by atoms with Crippen LogP contribution < -0.4 is 29.2 Å². The summed E-state index contributed by atoms with van der Waals surface area (Å²) in [6, 6.07) is 20.2.